The summed E-state index contributed by atoms with van der Waals surface area (Å²) < 4.78 is 11.2. The Hall–Kier alpha value is -1.46. The summed E-state index contributed by atoms with van der Waals surface area (Å²) in [6, 6.07) is 5.27. The van der Waals surface area contributed by atoms with E-state index < -0.39 is 0 Å². The molecule has 0 radical (unpaired) electrons. The van der Waals surface area contributed by atoms with E-state index in [1.54, 1.807) is 18.2 Å². The van der Waals surface area contributed by atoms with E-state index >= 15 is 0 Å². The number of nitrogens with two attached hydrogens (primary N) is 1. The highest BCUT2D eigenvalue weighted by atomic mass is 35.5. The molecule has 0 atom stereocenters. The van der Waals surface area contributed by atoms with Crippen LogP contribution in [0.1, 0.15) is 43.5 Å². The van der Waals surface area contributed by atoms with Crippen molar-refractivity contribution in [1.82, 2.24) is 5.32 Å². The van der Waals surface area contributed by atoms with Gasteiger partial charge >= 0.3 is 0 Å². The van der Waals surface area contributed by atoms with Crippen LogP contribution in [0, 0.1) is 0 Å². The first-order valence-corrected chi connectivity index (χ1v) is 7.60. The fraction of sp³-hybridized carbons (Fsp3) is 0.562. The molecule has 1 amide bonds. The molecule has 1 aromatic rings. The Morgan fingerprint density at radius 1 is 1.18 bits per heavy atom. The van der Waals surface area contributed by atoms with E-state index in [-0.39, 0.29) is 18.3 Å². The molecular formula is C16H27ClN2O3. The lowest BCUT2D eigenvalue weighted by Gasteiger charge is -2.13. The number of rotatable bonds is 10. The highest BCUT2D eigenvalue weighted by molar-refractivity contribution is 5.94. The number of amides is 1. The van der Waals surface area contributed by atoms with Gasteiger partial charge in [0.05, 0.1) is 13.2 Å². The average molecular weight is 331 g/mol. The van der Waals surface area contributed by atoms with E-state index in [1.807, 2.05) is 13.8 Å². The summed E-state index contributed by atoms with van der Waals surface area (Å²) in [4.78, 5) is 12.1. The smallest absolute Gasteiger partial charge is 0.251 e. The Morgan fingerprint density at radius 2 is 1.95 bits per heavy atom. The summed E-state index contributed by atoms with van der Waals surface area (Å²) in [6.45, 7) is 6.39. The van der Waals surface area contributed by atoms with Crippen LogP contribution in [0.15, 0.2) is 18.2 Å². The van der Waals surface area contributed by atoms with Gasteiger partial charge in [-0.2, -0.15) is 0 Å². The minimum Gasteiger partial charge on any atom is -0.490 e. The SMILES string of the molecule is CCCOc1ccc(C(=O)NCCCCN)cc1OCC.Cl. The summed E-state index contributed by atoms with van der Waals surface area (Å²) in [5, 5.41) is 2.87. The molecule has 0 aromatic heterocycles. The van der Waals surface area contributed by atoms with E-state index in [0.29, 0.717) is 43.4 Å². The molecular weight excluding hydrogens is 304 g/mol. The zero-order valence-corrected chi connectivity index (χ0v) is 14.2. The predicted octanol–water partition coefficient (Wildman–Crippen LogP) is 2.76. The number of hydrogen-bond donors (Lipinski definition) is 2. The highest BCUT2D eigenvalue weighted by Crippen LogP contribution is 2.28. The summed E-state index contributed by atoms with van der Waals surface area (Å²) in [7, 11) is 0. The number of benzene rings is 1. The Labute approximate surface area is 139 Å². The van der Waals surface area contributed by atoms with Crippen molar-refractivity contribution in [3.63, 3.8) is 0 Å². The van der Waals surface area contributed by atoms with Gasteiger partial charge in [0.2, 0.25) is 0 Å². The zero-order valence-electron chi connectivity index (χ0n) is 13.4. The molecule has 0 aliphatic carbocycles. The Balaban J connectivity index is 0.00000441. The van der Waals surface area contributed by atoms with Crippen molar-refractivity contribution in [2.75, 3.05) is 26.3 Å². The van der Waals surface area contributed by atoms with Crippen LogP contribution in [0.2, 0.25) is 0 Å². The molecule has 0 unspecified atom stereocenters. The van der Waals surface area contributed by atoms with E-state index in [2.05, 4.69) is 5.32 Å². The maximum Gasteiger partial charge on any atom is 0.251 e. The molecule has 0 aliphatic rings. The number of halogens is 1. The quantitative estimate of drug-likeness (QED) is 0.647. The van der Waals surface area contributed by atoms with Gasteiger partial charge in [-0.15, -0.1) is 12.4 Å². The summed E-state index contributed by atoms with van der Waals surface area (Å²) >= 11 is 0. The summed E-state index contributed by atoms with van der Waals surface area (Å²) in [5.41, 5.74) is 6.00. The molecule has 0 aliphatic heterocycles. The molecule has 0 bridgehead atoms. The van der Waals surface area contributed by atoms with Crippen LogP contribution < -0.4 is 20.5 Å². The van der Waals surface area contributed by atoms with Crippen molar-refractivity contribution < 1.29 is 14.3 Å². The van der Waals surface area contributed by atoms with Gasteiger partial charge in [0.25, 0.3) is 5.91 Å². The Bertz CT molecular complexity index is 441. The van der Waals surface area contributed by atoms with Crippen LogP contribution >= 0.6 is 12.4 Å². The second kappa shape index (κ2) is 12.1. The molecule has 0 saturated heterocycles. The third kappa shape index (κ3) is 7.00. The summed E-state index contributed by atoms with van der Waals surface area (Å²) in [5.74, 6) is 1.19. The first kappa shape index (κ1) is 20.5. The van der Waals surface area contributed by atoms with Crippen LogP contribution in [0.4, 0.5) is 0 Å². The number of ether oxygens (including phenoxy) is 2. The zero-order chi connectivity index (χ0) is 15.5. The normalized spacial score (nSPS) is 9.77. The molecule has 3 N–H and O–H groups in total. The van der Waals surface area contributed by atoms with Crippen molar-refractivity contribution in [2.45, 2.75) is 33.1 Å². The van der Waals surface area contributed by atoms with E-state index in [0.717, 1.165) is 19.3 Å². The van der Waals surface area contributed by atoms with Gasteiger partial charge < -0.3 is 20.5 Å². The van der Waals surface area contributed by atoms with Gasteiger partial charge in [-0.05, 0) is 50.9 Å². The molecule has 22 heavy (non-hydrogen) atoms. The number of hydrogen-bond acceptors (Lipinski definition) is 4. The summed E-state index contributed by atoms with van der Waals surface area (Å²) in [6.07, 6.45) is 2.72. The van der Waals surface area contributed by atoms with E-state index in [1.165, 1.54) is 0 Å². The van der Waals surface area contributed by atoms with Gasteiger partial charge in [-0.25, -0.2) is 0 Å². The standard InChI is InChI=1S/C16H26N2O3.ClH/c1-3-11-21-14-8-7-13(12-15(14)20-4-2)16(19)18-10-6-5-9-17;/h7-8,12H,3-6,9-11,17H2,1-2H3,(H,18,19);1H. The van der Waals surface area contributed by atoms with Crippen LogP contribution in [-0.2, 0) is 0 Å². The first-order valence-electron chi connectivity index (χ1n) is 7.60. The Morgan fingerprint density at radius 3 is 2.59 bits per heavy atom. The van der Waals surface area contributed by atoms with Crippen molar-refractivity contribution in [1.29, 1.82) is 0 Å². The van der Waals surface area contributed by atoms with Gasteiger partial charge in [0.15, 0.2) is 11.5 Å². The lowest BCUT2D eigenvalue weighted by Crippen LogP contribution is -2.24. The second-order valence-electron chi connectivity index (χ2n) is 4.69. The molecule has 126 valence electrons. The molecule has 0 heterocycles. The molecule has 1 aromatic carbocycles. The third-order valence-corrected chi connectivity index (χ3v) is 2.88. The minimum absolute atomic E-state index is 0. The fourth-order valence-electron chi connectivity index (χ4n) is 1.82. The number of carbonyl (C=O) groups excluding carboxylic acids is 1. The van der Waals surface area contributed by atoms with E-state index in [4.69, 9.17) is 15.2 Å². The lowest BCUT2D eigenvalue weighted by molar-refractivity contribution is 0.0952. The minimum atomic E-state index is -0.102. The van der Waals surface area contributed by atoms with Crippen LogP contribution in [0.5, 0.6) is 11.5 Å². The highest BCUT2D eigenvalue weighted by Gasteiger charge is 2.11. The third-order valence-electron chi connectivity index (χ3n) is 2.88. The van der Waals surface area contributed by atoms with Crippen molar-refractivity contribution in [2.24, 2.45) is 5.73 Å². The molecule has 0 saturated carbocycles. The maximum atomic E-state index is 12.1. The lowest BCUT2D eigenvalue weighted by atomic mass is 10.2. The number of unbranched alkanes of at least 4 members (excludes halogenated alkanes) is 1. The number of nitrogens with one attached hydrogen (secondary N) is 1. The van der Waals surface area contributed by atoms with Gasteiger partial charge in [0.1, 0.15) is 0 Å². The molecule has 6 heteroatoms. The molecule has 5 nitrogen and oxygen atoms in total. The monoisotopic (exact) mass is 330 g/mol. The van der Waals surface area contributed by atoms with Gasteiger partial charge in [-0.1, -0.05) is 6.92 Å². The molecule has 0 spiro atoms. The van der Waals surface area contributed by atoms with Crippen LogP contribution in [0.3, 0.4) is 0 Å². The molecule has 0 fully saturated rings. The first-order chi connectivity index (χ1) is 10.2. The fourth-order valence-corrected chi connectivity index (χ4v) is 1.82. The number of carbonyl (C=O) groups is 1. The van der Waals surface area contributed by atoms with Crippen molar-refractivity contribution in [3.05, 3.63) is 23.8 Å². The van der Waals surface area contributed by atoms with Crippen molar-refractivity contribution >= 4 is 18.3 Å². The second-order valence-corrected chi connectivity index (χ2v) is 4.69. The maximum absolute atomic E-state index is 12.1. The average Bonchev–Trinajstić information content (AvgIpc) is 2.50. The predicted molar refractivity (Wildman–Crippen MR) is 91.3 cm³/mol. The van der Waals surface area contributed by atoms with Gasteiger partial charge in [0, 0.05) is 12.1 Å². The Kier molecular flexibility index (Phi) is 11.3. The van der Waals surface area contributed by atoms with Crippen molar-refractivity contribution in [3.8, 4) is 11.5 Å². The largest absolute Gasteiger partial charge is 0.490 e. The van der Waals surface area contributed by atoms with Crippen LogP contribution in [-0.4, -0.2) is 32.2 Å². The topological polar surface area (TPSA) is 73.6 Å². The van der Waals surface area contributed by atoms with E-state index in [9.17, 15) is 4.79 Å². The molecule has 1 rings (SSSR count). The van der Waals surface area contributed by atoms with Gasteiger partial charge in [-0.3, -0.25) is 4.79 Å². The van der Waals surface area contributed by atoms with Crippen LogP contribution in [0.25, 0.3) is 0 Å².